The van der Waals surface area contributed by atoms with Crippen LogP contribution in [-0.2, 0) is 0 Å². The van der Waals surface area contributed by atoms with Gasteiger partial charge >= 0.3 is 0 Å². The molecular formula is C27H22NPS. The summed E-state index contributed by atoms with van der Waals surface area (Å²) in [5, 5.41) is 5.25. The SMILES string of the molecule is CN1C(=S)C(=P(c2ccccc2)(c2ccccc2)c2ccccc2)c2ccccc21. The van der Waals surface area contributed by atoms with Gasteiger partial charge in [0.15, 0.2) is 0 Å². The van der Waals surface area contributed by atoms with Crippen molar-refractivity contribution in [2.45, 2.75) is 0 Å². The first-order valence-electron chi connectivity index (χ1n) is 10.1. The van der Waals surface area contributed by atoms with Crippen LogP contribution in [0.5, 0.6) is 0 Å². The fourth-order valence-electron chi connectivity index (χ4n) is 4.46. The van der Waals surface area contributed by atoms with E-state index in [-0.39, 0.29) is 0 Å². The molecule has 0 atom stereocenters. The Morgan fingerprint density at radius 3 is 1.43 bits per heavy atom. The molecule has 0 amide bonds. The van der Waals surface area contributed by atoms with Crippen molar-refractivity contribution >= 4 is 51.0 Å². The molecular weight excluding hydrogens is 401 g/mol. The van der Waals surface area contributed by atoms with E-state index in [1.54, 1.807) is 0 Å². The number of nitrogens with zero attached hydrogens (tertiary/aromatic N) is 1. The fourth-order valence-corrected chi connectivity index (χ4v) is 9.60. The first kappa shape index (κ1) is 19.1. The molecule has 0 unspecified atom stereocenters. The van der Waals surface area contributed by atoms with Gasteiger partial charge in [-0.25, -0.2) is 0 Å². The van der Waals surface area contributed by atoms with Gasteiger partial charge in [-0.05, 0) is 28.9 Å². The van der Waals surface area contributed by atoms with E-state index in [0.717, 1.165) is 4.99 Å². The number of fused-ring (bicyclic) bond motifs is 1. The minimum Gasteiger partial charge on any atom is -0.335 e. The molecule has 0 fully saturated rings. The molecule has 0 radical (unpaired) electrons. The van der Waals surface area contributed by atoms with Crippen molar-refractivity contribution in [3.05, 3.63) is 121 Å². The summed E-state index contributed by atoms with van der Waals surface area (Å²) in [4.78, 5) is 3.09. The molecule has 0 aliphatic carbocycles. The maximum atomic E-state index is 6.13. The van der Waals surface area contributed by atoms with Crippen LogP contribution >= 0.6 is 19.1 Å². The zero-order valence-corrected chi connectivity index (χ0v) is 18.5. The molecule has 0 bridgehead atoms. The fraction of sp³-hybridized carbons (Fsp3) is 0.0370. The number of likely N-dealkylation sites (N-methyl/N-ethyl adjacent to an activating group) is 1. The van der Waals surface area contributed by atoms with Gasteiger partial charge in [0.1, 0.15) is 4.99 Å². The van der Waals surface area contributed by atoms with E-state index in [1.165, 1.54) is 32.5 Å². The molecule has 0 N–H and O–H groups in total. The highest BCUT2D eigenvalue weighted by Gasteiger charge is 2.38. The van der Waals surface area contributed by atoms with Gasteiger partial charge in [-0.15, -0.1) is 0 Å². The minimum absolute atomic E-state index is 0.918. The van der Waals surface area contributed by atoms with Gasteiger partial charge in [-0.3, -0.25) is 0 Å². The standard InChI is InChI=1S/C27H22NPS/c1-28-25-20-12-11-19-24(25)26(27(28)30)29(21-13-5-2-6-14-21,22-15-7-3-8-16-22)23-17-9-4-10-18-23/h2-20H,1H3. The first-order valence-corrected chi connectivity index (χ1v) is 12.2. The number of para-hydroxylation sites is 1. The molecule has 4 aromatic rings. The Balaban J connectivity index is 2.07. The van der Waals surface area contributed by atoms with Crippen LogP contribution in [0.15, 0.2) is 115 Å². The highest BCUT2D eigenvalue weighted by atomic mass is 32.1. The van der Waals surface area contributed by atoms with E-state index >= 15 is 0 Å². The summed E-state index contributed by atoms with van der Waals surface area (Å²) >= 11 is 6.13. The normalized spacial score (nSPS) is 13.4. The maximum absolute atomic E-state index is 6.13. The van der Waals surface area contributed by atoms with Crippen LogP contribution in [0.3, 0.4) is 0 Å². The Labute approximate surface area is 183 Å². The lowest BCUT2D eigenvalue weighted by molar-refractivity contribution is 1.32. The predicted octanol–water partition coefficient (Wildman–Crippen LogP) is 4.98. The zero-order valence-electron chi connectivity index (χ0n) is 16.8. The Bertz CT molecular complexity index is 1160. The molecule has 0 aromatic heterocycles. The van der Waals surface area contributed by atoms with Crippen LogP contribution in [0, 0.1) is 0 Å². The van der Waals surface area contributed by atoms with E-state index in [1.807, 2.05) is 0 Å². The Kier molecular flexibility index (Phi) is 4.90. The molecule has 4 aromatic carbocycles. The summed E-state index contributed by atoms with van der Waals surface area (Å²) < 4.78 is 0. The maximum Gasteiger partial charge on any atom is 0.115 e. The number of hydrogen-bond donors (Lipinski definition) is 0. The van der Waals surface area contributed by atoms with E-state index in [4.69, 9.17) is 12.2 Å². The van der Waals surface area contributed by atoms with Crippen LogP contribution in [0.1, 0.15) is 5.56 Å². The van der Waals surface area contributed by atoms with E-state index in [9.17, 15) is 0 Å². The van der Waals surface area contributed by atoms with Crippen LogP contribution in [0.25, 0.3) is 0 Å². The van der Waals surface area contributed by atoms with E-state index in [2.05, 4.69) is 127 Å². The predicted molar refractivity (Wildman–Crippen MR) is 137 cm³/mol. The smallest absolute Gasteiger partial charge is 0.115 e. The number of anilines is 1. The molecule has 0 saturated carbocycles. The third-order valence-corrected chi connectivity index (χ3v) is 10.8. The number of rotatable bonds is 3. The van der Waals surface area contributed by atoms with Crippen LogP contribution in [0.4, 0.5) is 5.69 Å². The average molecular weight is 424 g/mol. The molecule has 3 heteroatoms. The molecule has 1 nitrogen and oxygen atoms in total. The van der Waals surface area contributed by atoms with E-state index in [0.29, 0.717) is 0 Å². The van der Waals surface area contributed by atoms with Gasteiger partial charge in [0.05, 0.1) is 0 Å². The van der Waals surface area contributed by atoms with Crippen molar-refractivity contribution in [2.24, 2.45) is 0 Å². The molecule has 0 saturated heterocycles. The lowest BCUT2D eigenvalue weighted by atomic mass is 10.2. The van der Waals surface area contributed by atoms with Gasteiger partial charge in [0.25, 0.3) is 0 Å². The Morgan fingerprint density at radius 2 is 0.967 bits per heavy atom. The topological polar surface area (TPSA) is 3.24 Å². The Morgan fingerprint density at radius 1 is 0.567 bits per heavy atom. The highest BCUT2D eigenvalue weighted by Crippen LogP contribution is 2.51. The quantitative estimate of drug-likeness (QED) is 0.338. The second-order valence-corrected chi connectivity index (χ2v) is 11.1. The monoisotopic (exact) mass is 423 g/mol. The van der Waals surface area contributed by atoms with Crippen molar-refractivity contribution in [1.82, 2.24) is 0 Å². The first-order chi connectivity index (χ1) is 14.7. The van der Waals surface area contributed by atoms with Crippen molar-refractivity contribution in [2.75, 3.05) is 11.9 Å². The summed E-state index contributed by atoms with van der Waals surface area (Å²) in [6, 6.07) is 41.3. The molecule has 1 aliphatic rings. The number of thiocarbonyl (C=S) groups is 1. The lowest BCUT2D eigenvalue weighted by Gasteiger charge is -2.32. The van der Waals surface area contributed by atoms with Gasteiger partial charge < -0.3 is 4.90 Å². The van der Waals surface area contributed by atoms with Crippen molar-refractivity contribution < 1.29 is 0 Å². The number of benzene rings is 4. The summed E-state index contributed by atoms with van der Waals surface area (Å²) in [6.45, 7) is -2.19. The third-order valence-electron chi connectivity index (χ3n) is 5.79. The summed E-state index contributed by atoms with van der Waals surface area (Å²) in [5.74, 6) is 0. The van der Waals surface area contributed by atoms with Gasteiger partial charge in [-0.1, -0.05) is 121 Å². The van der Waals surface area contributed by atoms with Gasteiger partial charge in [0.2, 0.25) is 0 Å². The van der Waals surface area contributed by atoms with Crippen LogP contribution in [0.2, 0.25) is 0 Å². The second kappa shape index (κ2) is 7.72. The largest absolute Gasteiger partial charge is 0.335 e. The van der Waals surface area contributed by atoms with Crippen molar-refractivity contribution in [1.29, 1.82) is 0 Å². The van der Waals surface area contributed by atoms with Crippen LogP contribution in [-0.4, -0.2) is 17.3 Å². The van der Waals surface area contributed by atoms with E-state index < -0.39 is 6.89 Å². The molecule has 30 heavy (non-hydrogen) atoms. The van der Waals surface area contributed by atoms with Gasteiger partial charge in [0, 0.05) is 23.6 Å². The summed E-state index contributed by atoms with van der Waals surface area (Å²) in [5.41, 5.74) is 2.43. The van der Waals surface area contributed by atoms with Crippen LogP contribution < -0.4 is 20.8 Å². The van der Waals surface area contributed by atoms with Crippen molar-refractivity contribution in [3.63, 3.8) is 0 Å². The van der Waals surface area contributed by atoms with Crippen molar-refractivity contribution in [3.8, 4) is 0 Å². The molecule has 1 heterocycles. The third kappa shape index (κ3) is 2.80. The highest BCUT2D eigenvalue weighted by molar-refractivity contribution is 7.99. The summed E-state index contributed by atoms with van der Waals surface area (Å²) in [7, 11) is 2.09. The minimum atomic E-state index is -2.19. The molecule has 1 aliphatic heterocycles. The molecule has 5 rings (SSSR count). The zero-order chi connectivity index (χ0) is 20.6. The molecule has 0 spiro atoms. The van der Waals surface area contributed by atoms with Gasteiger partial charge in [-0.2, -0.15) is 0 Å². The lowest BCUT2D eigenvalue weighted by Crippen LogP contribution is -2.34. The second-order valence-electron chi connectivity index (χ2n) is 7.41. The summed E-state index contributed by atoms with van der Waals surface area (Å²) in [6.07, 6.45) is 0. The Hall–Kier alpha value is -2.93. The average Bonchev–Trinajstić information content (AvgIpc) is 3.08. The molecule has 146 valence electrons. The number of hydrogen-bond acceptors (Lipinski definition) is 1.